The van der Waals surface area contributed by atoms with Crippen molar-refractivity contribution in [2.75, 3.05) is 32.7 Å². The van der Waals surface area contributed by atoms with Crippen LogP contribution in [0.3, 0.4) is 0 Å². The van der Waals surface area contributed by atoms with E-state index < -0.39 is 30.4 Å². The first-order chi connectivity index (χ1) is 11.1. The molecule has 9 heteroatoms. The van der Waals surface area contributed by atoms with E-state index in [9.17, 15) is 31.1 Å². The first-order valence-corrected chi connectivity index (χ1v) is 7.32. The van der Waals surface area contributed by atoms with E-state index in [1.165, 1.54) is 9.80 Å². The lowest BCUT2D eigenvalue weighted by atomic mass is 10.1. The molecule has 1 aliphatic rings. The fraction of sp³-hybridized carbons (Fsp3) is 0.533. The molecule has 0 aromatic heterocycles. The summed E-state index contributed by atoms with van der Waals surface area (Å²) >= 11 is 0. The highest BCUT2D eigenvalue weighted by atomic mass is 19.4. The number of benzene rings is 1. The number of rotatable bonds is 2. The van der Waals surface area contributed by atoms with E-state index in [1.807, 2.05) is 0 Å². The van der Waals surface area contributed by atoms with Gasteiger partial charge in [-0.25, -0.2) is 0 Å². The molecule has 0 spiro atoms. The Balaban J connectivity index is 2.00. The fourth-order valence-electron chi connectivity index (χ4n) is 2.57. The van der Waals surface area contributed by atoms with Gasteiger partial charge in [0.25, 0.3) is 5.91 Å². The third-order valence-corrected chi connectivity index (χ3v) is 3.74. The van der Waals surface area contributed by atoms with Crippen molar-refractivity contribution in [2.24, 2.45) is 0 Å². The Morgan fingerprint density at radius 3 is 2.08 bits per heavy atom. The number of carbonyl (C=O) groups is 1. The summed E-state index contributed by atoms with van der Waals surface area (Å²) in [7, 11) is 0. The molecule has 1 aromatic carbocycles. The number of amides is 1. The normalized spacial score (nSPS) is 17.7. The molecule has 0 unspecified atom stereocenters. The minimum absolute atomic E-state index is 0.0753. The molecular formula is C15H16F6N2O. The van der Waals surface area contributed by atoms with E-state index in [0.29, 0.717) is 6.42 Å². The van der Waals surface area contributed by atoms with Crippen LogP contribution in [0.2, 0.25) is 0 Å². The van der Waals surface area contributed by atoms with Crippen LogP contribution >= 0.6 is 0 Å². The van der Waals surface area contributed by atoms with Crippen LogP contribution in [0, 0.1) is 0 Å². The topological polar surface area (TPSA) is 23.6 Å². The van der Waals surface area contributed by atoms with Gasteiger partial charge in [0.15, 0.2) is 0 Å². The number of hydrogen-bond donors (Lipinski definition) is 0. The molecule has 24 heavy (non-hydrogen) atoms. The van der Waals surface area contributed by atoms with Crippen molar-refractivity contribution in [3.8, 4) is 0 Å². The van der Waals surface area contributed by atoms with E-state index in [4.69, 9.17) is 0 Å². The number of hydrogen-bond acceptors (Lipinski definition) is 2. The highest BCUT2D eigenvalue weighted by molar-refractivity contribution is 5.94. The second-order valence-corrected chi connectivity index (χ2v) is 5.61. The van der Waals surface area contributed by atoms with E-state index in [0.717, 1.165) is 24.3 Å². The third-order valence-electron chi connectivity index (χ3n) is 3.74. The number of alkyl halides is 6. The number of halogens is 6. The van der Waals surface area contributed by atoms with Gasteiger partial charge in [0.1, 0.15) is 0 Å². The Bertz CT molecular complexity index is 567. The maximum atomic E-state index is 12.5. The van der Waals surface area contributed by atoms with Gasteiger partial charge >= 0.3 is 12.4 Å². The Hall–Kier alpha value is -1.77. The third kappa shape index (κ3) is 5.12. The molecule has 0 bridgehead atoms. The van der Waals surface area contributed by atoms with Gasteiger partial charge in [-0.1, -0.05) is 0 Å². The van der Waals surface area contributed by atoms with Gasteiger partial charge in [-0.15, -0.1) is 0 Å². The molecular weight excluding hydrogens is 338 g/mol. The molecule has 1 fully saturated rings. The van der Waals surface area contributed by atoms with Crippen molar-refractivity contribution >= 4 is 5.91 Å². The summed E-state index contributed by atoms with van der Waals surface area (Å²) in [6.45, 7) is -0.359. The van der Waals surface area contributed by atoms with Crippen LogP contribution < -0.4 is 0 Å². The average molecular weight is 354 g/mol. The first-order valence-electron chi connectivity index (χ1n) is 7.32. The monoisotopic (exact) mass is 354 g/mol. The molecule has 1 amide bonds. The lowest BCUT2D eigenvalue weighted by Crippen LogP contribution is -2.38. The summed E-state index contributed by atoms with van der Waals surface area (Å²) in [5.74, 6) is -0.474. The first kappa shape index (κ1) is 18.6. The summed E-state index contributed by atoms with van der Waals surface area (Å²) in [6, 6.07) is 3.81. The zero-order chi connectivity index (χ0) is 18.0. The highest BCUT2D eigenvalue weighted by Gasteiger charge is 2.32. The van der Waals surface area contributed by atoms with E-state index in [2.05, 4.69) is 0 Å². The van der Waals surface area contributed by atoms with Crippen molar-refractivity contribution in [1.29, 1.82) is 0 Å². The van der Waals surface area contributed by atoms with E-state index in [-0.39, 0.29) is 31.7 Å². The van der Waals surface area contributed by atoms with Gasteiger partial charge in [-0.2, -0.15) is 26.3 Å². The van der Waals surface area contributed by atoms with E-state index >= 15 is 0 Å². The Morgan fingerprint density at radius 2 is 1.54 bits per heavy atom. The molecule has 0 atom stereocenters. The van der Waals surface area contributed by atoms with Crippen LogP contribution in [0.4, 0.5) is 26.3 Å². The zero-order valence-corrected chi connectivity index (χ0v) is 12.6. The van der Waals surface area contributed by atoms with Gasteiger partial charge in [-0.3, -0.25) is 9.69 Å². The Kier molecular flexibility index (Phi) is 5.42. The molecule has 2 rings (SSSR count). The smallest absolute Gasteiger partial charge is 0.337 e. The maximum absolute atomic E-state index is 12.5. The Labute approximate surface area is 134 Å². The summed E-state index contributed by atoms with van der Waals surface area (Å²) < 4.78 is 74.8. The molecule has 1 aromatic rings. The van der Waals surface area contributed by atoms with Crippen molar-refractivity contribution in [2.45, 2.75) is 18.8 Å². The van der Waals surface area contributed by atoms with Gasteiger partial charge < -0.3 is 4.90 Å². The minimum atomic E-state index is -4.48. The Morgan fingerprint density at radius 1 is 0.917 bits per heavy atom. The van der Waals surface area contributed by atoms with Crippen molar-refractivity contribution in [1.82, 2.24) is 9.80 Å². The molecule has 1 saturated heterocycles. The summed E-state index contributed by atoms with van der Waals surface area (Å²) in [4.78, 5) is 14.9. The van der Waals surface area contributed by atoms with Crippen LogP contribution in [0.15, 0.2) is 24.3 Å². The van der Waals surface area contributed by atoms with Gasteiger partial charge in [0.05, 0.1) is 12.1 Å². The van der Waals surface area contributed by atoms with Crippen LogP contribution in [0.25, 0.3) is 0 Å². The average Bonchev–Trinajstić information content (AvgIpc) is 2.69. The summed E-state index contributed by atoms with van der Waals surface area (Å²) in [6.07, 6.45) is -8.41. The zero-order valence-electron chi connectivity index (χ0n) is 12.6. The van der Waals surface area contributed by atoms with Crippen molar-refractivity contribution in [3.05, 3.63) is 35.4 Å². The quantitative estimate of drug-likeness (QED) is 0.760. The number of carbonyl (C=O) groups excluding carboxylic acids is 1. The van der Waals surface area contributed by atoms with Gasteiger partial charge in [-0.05, 0) is 30.7 Å². The predicted molar refractivity (Wildman–Crippen MR) is 74.5 cm³/mol. The summed E-state index contributed by atoms with van der Waals surface area (Å²) in [5, 5.41) is 0. The second-order valence-electron chi connectivity index (χ2n) is 5.61. The van der Waals surface area contributed by atoms with Gasteiger partial charge in [0.2, 0.25) is 0 Å². The van der Waals surface area contributed by atoms with Crippen LogP contribution in [0.5, 0.6) is 0 Å². The highest BCUT2D eigenvalue weighted by Crippen LogP contribution is 2.29. The van der Waals surface area contributed by atoms with Crippen LogP contribution in [-0.4, -0.2) is 54.6 Å². The van der Waals surface area contributed by atoms with Crippen molar-refractivity contribution in [3.63, 3.8) is 0 Å². The molecule has 134 valence electrons. The summed E-state index contributed by atoms with van der Waals surface area (Å²) in [5.41, 5.74) is -0.765. The van der Waals surface area contributed by atoms with E-state index in [1.54, 1.807) is 0 Å². The second kappa shape index (κ2) is 7.00. The SMILES string of the molecule is O=C(c1ccc(C(F)(F)F)cc1)N1CCCN(CC(F)(F)F)CC1. The predicted octanol–water partition coefficient (Wildman–Crippen LogP) is 3.42. The molecule has 3 nitrogen and oxygen atoms in total. The fourth-order valence-corrected chi connectivity index (χ4v) is 2.57. The number of nitrogens with zero attached hydrogens (tertiary/aromatic N) is 2. The largest absolute Gasteiger partial charge is 0.416 e. The minimum Gasteiger partial charge on any atom is -0.337 e. The molecule has 0 saturated carbocycles. The molecule has 1 heterocycles. The van der Waals surface area contributed by atoms with Gasteiger partial charge in [0, 0.05) is 31.7 Å². The standard InChI is InChI=1S/C15H16F6N2O/c16-14(17,18)10-22-6-1-7-23(9-8-22)13(24)11-2-4-12(5-3-11)15(19,20)21/h2-5H,1,6-10H2. The maximum Gasteiger partial charge on any atom is 0.416 e. The lowest BCUT2D eigenvalue weighted by molar-refractivity contribution is -0.145. The van der Waals surface area contributed by atoms with Crippen LogP contribution in [0.1, 0.15) is 22.3 Å². The molecule has 0 aliphatic carbocycles. The molecule has 0 radical (unpaired) electrons. The van der Waals surface area contributed by atoms with Crippen LogP contribution in [-0.2, 0) is 6.18 Å². The lowest BCUT2D eigenvalue weighted by Gasteiger charge is -2.23. The molecule has 1 aliphatic heterocycles. The molecule has 0 N–H and O–H groups in total. The van der Waals surface area contributed by atoms with Crippen molar-refractivity contribution < 1.29 is 31.1 Å².